The molecule has 2 rings (SSSR count). The van der Waals surface area contributed by atoms with E-state index in [4.69, 9.17) is 5.73 Å². The molecule has 3 nitrogen and oxygen atoms in total. The highest BCUT2D eigenvalue weighted by atomic mass is 19.1. The predicted octanol–water partition coefficient (Wildman–Crippen LogP) is 1.08. The Morgan fingerprint density at radius 2 is 2.36 bits per heavy atom. The van der Waals surface area contributed by atoms with Gasteiger partial charge < -0.3 is 5.73 Å². The molecule has 2 aromatic rings. The van der Waals surface area contributed by atoms with Gasteiger partial charge in [0.05, 0.1) is 10.9 Å². The van der Waals surface area contributed by atoms with Crippen molar-refractivity contribution < 1.29 is 4.39 Å². The fraction of sp³-hybridized carbons (Fsp3) is 0. The van der Waals surface area contributed by atoms with E-state index < -0.39 is 5.82 Å². The van der Waals surface area contributed by atoms with E-state index >= 15 is 0 Å². The number of nitrogen functional groups attached to an aromatic ring is 1. The lowest BCUT2D eigenvalue weighted by Gasteiger charge is -1.89. The molecule has 0 spiro atoms. The topological polar surface area (TPSA) is 54.7 Å². The van der Waals surface area contributed by atoms with Gasteiger partial charge in [0.1, 0.15) is 5.82 Å². The van der Waals surface area contributed by atoms with E-state index in [0.717, 1.165) is 0 Å². The van der Waals surface area contributed by atoms with Gasteiger partial charge >= 0.3 is 0 Å². The molecule has 0 saturated carbocycles. The molecule has 1 radical (unpaired) electrons. The van der Waals surface area contributed by atoms with Crippen molar-refractivity contribution in [3.8, 4) is 0 Å². The minimum atomic E-state index is -0.395. The molecule has 0 amide bonds. The first-order chi connectivity index (χ1) is 5.29. The largest absolute Gasteiger partial charge is 0.382 e. The van der Waals surface area contributed by atoms with E-state index in [1.807, 2.05) is 0 Å². The summed E-state index contributed by atoms with van der Waals surface area (Å²) in [4.78, 5) is 0. The van der Waals surface area contributed by atoms with Crippen LogP contribution in [0.1, 0.15) is 0 Å². The second kappa shape index (κ2) is 1.95. The van der Waals surface area contributed by atoms with Crippen LogP contribution in [0.25, 0.3) is 10.9 Å². The summed E-state index contributed by atoms with van der Waals surface area (Å²) in [5.74, 6) is -0.208. The lowest BCUT2D eigenvalue weighted by atomic mass is 10.2. The molecule has 0 saturated heterocycles. The van der Waals surface area contributed by atoms with E-state index in [-0.39, 0.29) is 5.82 Å². The number of fused-ring (bicyclic) bond motifs is 1. The Morgan fingerprint density at radius 3 is 3.09 bits per heavy atom. The second-order valence-electron chi connectivity index (χ2n) is 2.20. The number of rotatable bonds is 0. The van der Waals surface area contributed by atoms with E-state index in [1.54, 1.807) is 6.07 Å². The maximum absolute atomic E-state index is 12.9. The SMILES string of the molecule is Nc1n[nH]c2c[c]cc(F)c12. The van der Waals surface area contributed by atoms with Crippen LogP contribution in [0.5, 0.6) is 0 Å². The monoisotopic (exact) mass is 150 g/mol. The van der Waals surface area contributed by atoms with Crippen LogP contribution in [-0.2, 0) is 0 Å². The van der Waals surface area contributed by atoms with Crippen molar-refractivity contribution in [1.29, 1.82) is 0 Å². The molecular weight excluding hydrogens is 145 g/mol. The molecule has 55 valence electrons. The Morgan fingerprint density at radius 1 is 1.55 bits per heavy atom. The molecule has 0 aliphatic rings. The predicted molar refractivity (Wildman–Crippen MR) is 39.3 cm³/mol. The summed E-state index contributed by atoms with van der Waals surface area (Å²) in [6.07, 6.45) is 0. The lowest BCUT2D eigenvalue weighted by Crippen LogP contribution is -1.85. The average Bonchev–Trinajstić information content (AvgIpc) is 2.34. The van der Waals surface area contributed by atoms with Gasteiger partial charge in [-0.2, -0.15) is 5.10 Å². The number of hydrogen-bond donors (Lipinski definition) is 2. The van der Waals surface area contributed by atoms with Gasteiger partial charge in [-0.3, -0.25) is 5.10 Å². The van der Waals surface area contributed by atoms with Crippen molar-refractivity contribution in [2.45, 2.75) is 0 Å². The molecule has 11 heavy (non-hydrogen) atoms. The van der Waals surface area contributed by atoms with Gasteiger partial charge in [0.2, 0.25) is 0 Å². The van der Waals surface area contributed by atoms with Crippen LogP contribution in [0.2, 0.25) is 0 Å². The molecule has 0 atom stereocenters. The Balaban J connectivity index is 2.96. The number of nitrogens with one attached hydrogen (secondary N) is 1. The highest BCUT2D eigenvalue weighted by Gasteiger charge is 2.05. The number of halogens is 1. The summed E-state index contributed by atoms with van der Waals surface area (Å²) in [7, 11) is 0. The Kier molecular flexibility index (Phi) is 1.09. The van der Waals surface area contributed by atoms with Crippen molar-refractivity contribution in [2.24, 2.45) is 0 Å². The summed E-state index contributed by atoms with van der Waals surface area (Å²) in [5.41, 5.74) is 5.95. The van der Waals surface area contributed by atoms with Gasteiger partial charge in [-0.25, -0.2) is 4.39 Å². The second-order valence-corrected chi connectivity index (χ2v) is 2.20. The zero-order valence-corrected chi connectivity index (χ0v) is 5.56. The maximum Gasteiger partial charge on any atom is 0.156 e. The first-order valence-corrected chi connectivity index (χ1v) is 3.08. The van der Waals surface area contributed by atoms with Crippen LogP contribution in [0, 0.1) is 11.9 Å². The molecule has 4 heteroatoms. The molecular formula is C7H5FN3. The molecule has 0 unspecified atom stereocenters. The zero-order valence-electron chi connectivity index (χ0n) is 5.56. The number of benzene rings is 1. The molecule has 1 aromatic heterocycles. The smallest absolute Gasteiger partial charge is 0.156 e. The van der Waals surface area contributed by atoms with E-state index in [2.05, 4.69) is 16.3 Å². The summed E-state index contributed by atoms with van der Waals surface area (Å²) >= 11 is 0. The zero-order chi connectivity index (χ0) is 7.84. The molecule has 1 heterocycles. The van der Waals surface area contributed by atoms with Crippen molar-refractivity contribution in [1.82, 2.24) is 10.2 Å². The first kappa shape index (κ1) is 6.15. The quantitative estimate of drug-likeness (QED) is 0.590. The molecule has 0 aliphatic carbocycles. The summed E-state index contributed by atoms with van der Waals surface area (Å²) in [6, 6.07) is 5.44. The highest BCUT2D eigenvalue weighted by Crippen LogP contribution is 2.19. The molecule has 1 aromatic carbocycles. The number of nitrogens with two attached hydrogens (primary N) is 1. The average molecular weight is 150 g/mol. The Labute approximate surface area is 62.0 Å². The number of aromatic amines is 1. The van der Waals surface area contributed by atoms with Gasteiger partial charge in [0, 0.05) is 0 Å². The molecule has 0 aliphatic heterocycles. The lowest BCUT2D eigenvalue weighted by molar-refractivity contribution is 0.640. The van der Waals surface area contributed by atoms with Crippen LogP contribution in [-0.4, -0.2) is 10.2 Å². The van der Waals surface area contributed by atoms with Gasteiger partial charge in [-0.15, -0.1) is 0 Å². The number of hydrogen-bond acceptors (Lipinski definition) is 2. The molecule has 3 N–H and O–H groups in total. The third-order valence-corrected chi connectivity index (χ3v) is 1.50. The molecule has 0 bridgehead atoms. The van der Waals surface area contributed by atoms with Crippen LogP contribution < -0.4 is 5.73 Å². The number of nitrogens with zero attached hydrogens (tertiary/aromatic N) is 1. The fourth-order valence-corrected chi connectivity index (χ4v) is 0.996. The maximum atomic E-state index is 12.9. The highest BCUT2D eigenvalue weighted by molar-refractivity contribution is 5.88. The van der Waals surface area contributed by atoms with E-state index in [0.29, 0.717) is 10.9 Å². The van der Waals surface area contributed by atoms with Crippen molar-refractivity contribution in [2.75, 3.05) is 5.73 Å². The van der Waals surface area contributed by atoms with Crippen molar-refractivity contribution >= 4 is 16.7 Å². The molecule has 0 fully saturated rings. The van der Waals surface area contributed by atoms with Crippen molar-refractivity contribution in [3.05, 3.63) is 24.0 Å². The van der Waals surface area contributed by atoms with Crippen LogP contribution in [0.4, 0.5) is 10.2 Å². The van der Waals surface area contributed by atoms with E-state index in [1.165, 1.54) is 6.07 Å². The number of aromatic nitrogens is 2. The Hall–Kier alpha value is -1.58. The van der Waals surface area contributed by atoms with Crippen molar-refractivity contribution in [3.63, 3.8) is 0 Å². The first-order valence-electron chi connectivity index (χ1n) is 3.08. The third-order valence-electron chi connectivity index (χ3n) is 1.50. The van der Waals surface area contributed by atoms with Crippen LogP contribution in [0.3, 0.4) is 0 Å². The summed E-state index contributed by atoms with van der Waals surface area (Å²) in [5, 5.41) is 6.57. The fourth-order valence-electron chi connectivity index (χ4n) is 0.996. The van der Waals surface area contributed by atoms with Gasteiger partial charge in [-0.1, -0.05) is 0 Å². The summed E-state index contributed by atoms with van der Waals surface area (Å²) < 4.78 is 12.9. The van der Waals surface area contributed by atoms with Gasteiger partial charge in [0.15, 0.2) is 5.82 Å². The number of anilines is 1. The van der Waals surface area contributed by atoms with E-state index in [9.17, 15) is 4.39 Å². The normalized spacial score (nSPS) is 10.6. The van der Waals surface area contributed by atoms with Gasteiger partial charge in [-0.05, 0) is 18.2 Å². The summed E-state index contributed by atoms with van der Waals surface area (Å²) in [6.45, 7) is 0. The minimum absolute atomic E-state index is 0.187. The number of H-pyrrole nitrogens is 1. The van der Waals surface area contributed by atoms with Crippen LogP contribution >= 0.6 is 0 Å². The third kappa shape index (κ3) is 0.756. The minimum Gasteiger partial charge on any atom is -0.382 e. The Bertz CT molecular complexity index is 393. The standard InChI is InChI=1S/C7H5FN3/c8-4-2-1-3-5-6(4)7(9)11-10-5/h2-3H,(H3,9,10,11). The van der Waals surface area contributed by atoms with Crippen LogP contribution in [0.15, 0.2) is 12.1 Å². The van der Waals surface area contributed by atoms with Gasteiger partial charge in [0.25, 0.3) is 0 Å².